The van der Waals surface area contributed by atoms with Crippen LogP contribution in [0.4, 0.5) is 5.69 Å². The predicted octanol–water partition coefficient (Wildman–Crippen LogP) is 3.72. The molecule has 6 nitrogen and oxygen atoms in total. The van der Waals surface area contributed by atoms with Crippen LogP contribution in [0.3, 0.4) is 0 Å². The molecule has 0 aliphatic heterocycles. The number of ether oxygens (including phenoxy) is 1. The van der Waals surface area contributed by atoms with Crippen LogP contribution in [0.5, 0.6) is 5.75 Å². The number of rotatable bonds is 6. The van der Waals surface area contributed by atoms with Crippen molar-refractivity contribution in [3.05, 3.63) is 65.2 Å². The normalized spacial score (nSPS) is 10.9. The van der Waals surface area contributed by atoms with Crippen LogP contribution in [0.15, 0.2) is 54.1 Å². The van der Waals surface area contributed by atoms with Crippen LogP contribution >= 0.6 is 0 Å². The molecule has 0 heterocycles. The Morgan fingerprint density at radius 2 is 1.88 bits per heavy atom. The molecule has 2 rings (SSSR count). The maximum absolute atomic E-state index is 12.3. The minimum absolute atomic E-state index is 0.0472. The molecule has 0 unspecified atom stereocenters. The third-order valence-electron chi connectivity index (χ3n) is 3.30. The van der Waals surface area contributed by atoms with Crippen molar-refractivity contribution >= 4 is 23.6 Å². The van der Waals surface area contributed by atoms with Crippen molar-refractivity contribution in [2.24, 2.45) is 0 Å². The van der Waals surface area contributed by atoms with E-state index in [1.807, 2.05) is 19.9 Å². The Bertz CT molecular complexity index is 877. The van der Waals surface area contributed by atoms with Gasteiger partial charge in [0.2, 0.25) is 0 Å². The van der Waals surface area contributed by atoms with E-state index >= 15 is 0 Å². The summed E-state index contributed by atoms with van der Waals surface area (Å²) >= 11 is 0. The van der Waals surface area contributed by atoms with Gasteiger partial charge in [-0.1, -0.05) is 18.2 Å². The summed E-state index contributed by atoms with van der Waals surface area (Å²) in [6, 6.07) is 14.7. The van der Waals surface area contributed by atoms with E-state index in [0.717, 1.165) is 0 Å². The Labute approximate surface area is 151 Å². The molecule has 0 aliphatic rings. The minimum Gasteiger partial charge on any atom is -0.491 e. The van der Waals surface area contributed by atoms with Gasteiger partial charge in [-0.25, -0.2) is 4.79 Å². The van der Waals surface area contributed by atoms with Crippen LogP contribution in [0.1, 0.15) is 29.8 Å². The van der Waals surface area contributed by atoms with Crippen molar-refractivity contribution in [2.75, 3.05) is 5.32 Å². The van der Waals surface area contributed by atoms with Crippen LogP contribution in [-0.4, -0.2) is 23.1 Å². The standard InChI is InChI=1S/C20H18N2O4/c1-13(2)26-18-8-6-14(7-9-18)10-16(12-21)19(23)22-17-5-3-4-15(11-17)20(24)25/h3-11,13H,1-2H3,(H,22,23)(H,24,25)/b16-10-. The summed E-state index contributed by atoms with van der Waals surface area (Å²) in [7, 11) is 0. The molecule has 6 heteroatoms. The third kappa shape index (κ3) is 5.21. The number of hydrogen-bond donors (Lipinski definition) is 2. The first-order chi connectivity index (χ1) is 12.4. The molecule has 2 aromatic carbocycles. The smallest absolute Gasteiger partial charge is 0.335 e. The van der Waals surface area contributed by atoms with E-state index in [2.05, 4.69) is 5.32 Å². The SMILES string of the molecule is CC(C)Oc1ccc(/C=C(/C#N)C(=O)Nc2cccc(C(=O)O)c2)cc1. The van der Waals surface area contributed by atoms with Crippen LogP contribution in [0, 0.1) is 11.3 Å². The number of benzene rings is 2. The lowest BCUT2D eigenvalue weighted by atomic mass is 10.1. The second kappa shape index (κ2) is 8.49. The Kier molecular flexibility index (Phi) is 6.12. The molecule has 0 aliphatic carbocycles. The quantitative estimate of drug-likeness (QED) is 0.611. The highest BCUT2D eigenvalue weighted by molar-refractivity contribution is 6.10. The summed E-state index contributed by atoms with van der Waals surface area (Å²) in [6.45, 7) is 3.84. The van der Waals surface area contributed by atoms with Crippen LogP contribution in [0.2, 0.25) is 0 Å². The number of amides is 1. The molecular formula is C20H18N2O4. The molecule has 1 amide bonds. The summed E-state index contributed by atoms with van der Waals surface area (Å²) in [6.07, 6.45) is 1.51. The molecule has 0 spiro atoms. The van der Waals surface area contributed by atoms with Gasteiger partial charge in [0.1, 0.15) is 17.4 Å². The van der Waals surface area contributed by atoms with E-state index in [1.54, 1.807) is 30.3 Å². The monoisotopic (exact) mass is 350 g/mol. The fourth-order valence-electron chi connectivity index (χ4n) is 2.16. The molecule has 0 saturated heterocycles. The maximum Gasteiger partial charge on any atom is 0.335 e. The number of aromatic carboxylic acids is 1. The molecule has 2 N–H and O–H groups in total. The third-order valence-corrected chi connectivity index (χ3v) is 3.30. The van der Waals surface area contributed by atoms with Crippen LogP contribution in [0.25, 0.3) is 6.08 Å². The largest absolute Gasteiger partial charge is 0.491 e. The molecule has 26 heavy (non-hydrogen) atoms. The number of nitriles is 1. The zero-order chi connectivity index (χ0) is 19.1. The zero-order valence-corrected chi connectivity index (χ0v) is 14.4. The van der Waals surface area contributed by atoms with Gasteiger partial charge in [0.05, 0.1) is 11.7 Å². The second-order valence-corrected chi connectivity index (χ2v) is 5.75. The van der Waals surface area contributed by atoms with Crippen molar-refractivity contribution < 1.29 is 19.4 Å². The second-order valence-electron chi connectivity index (χ2n) is 5.75. The van der Waals surface area contributed by atoms with Gasteiger partial charge >= 0.3 is 5.97 Å². The van der Waals surface area contributed by atoms with E-state index in [0.29, 0.717) is 17.0 Å². The number of carbonyl (C=O) groups is 2. The molecule has 0 aromatic heterocycles. The maximum atomic E-state index is 12.3. The summed E-state index contributed by atoms with van der Waals surface area (Å²) in [5.74, 6) is -1.01. The average Bonchev–Trinajstić information content (AvgIpc) is 2.60. The Balaban J connectivity index is 2.15. The fraction of sp³-hybridized carbons (Fsp3) is 0.150. The summed E-state index contributed by atoms with van der Waals surface area (Å²) < 4.78 is 5.54. The number of nitrogens with one attached hydrogen (secondary N) is 1. The summed E-state index contributed by atoms with van der Waals surface area (Å²) in [5.41, 5.74) is 0.929. The molecule has 2 aromatic rings. The first-order valence-electron chi connectivity index (χ1n) is 7.92. The predicted molar refractivity (Wildman–Crippen MR) is 97.8 cm³/mol. The lowest BCUT2D eigenvalue weighted by Gasteiger charge is -2.09. The van der Waals surface area contributed by atoms with Crippen molar-refractivity contribution in [3.8, 4) is 11.8 Å². The number of carboxylic acids is 1. The number of nitrogens with zero attached hydrogens (tertiary/aromatic N) is 1. The molecule has 0 saturated carbocycles. The van der Waals surface area contributed by atoms with Crippen molar-refractivity contribution in [2.45, 2.75) is 20.0 Å². The van der Waals surface area contributed by atoms with Crippen molar-refractivity contribution in [3.63, 3.8) is 0 Å². The molecular weight excluding hydrogens is 332 g/mol. The minimum atomic E-state index is -1.10. The Morgan fingerprint density at radius 3 is 2.46 bits per heavy atom. The van der Waals surface area contributed by atoms with Crippen LogP contribution in [-0.2, 0) is 4.79 Å². The highest BCUT2D eigenvalue weighted by Gasteiger charge is 2.11. The van der Waals surface area contributed by atoms with Crippen molar-refractivity contribution in [1.82, 2.24) is 0 Å². The molecule has 0 atom stereocenters. The molecule has 0 radical (unpaired) electrons. The number of carbonyl (C=O) groups excluding carboxylic acids is 1. The first-order valence-corrected chi connectivity index (χ1v) is 7.92. The topological polar surface area (TPSA) is 99.4 Å². The summed E-state index contributed by atoms with van der Waals surface area (Å²) in [5, 5.41) is 20.8. The fourth-order valence-corrected chi connectivity index (χ4v) is 2.16. The van der Waals surface area contributed by atoms with Crippen LogP contribution < -0.4 is 10.1 Å². The lowest BCUT2D eigenvalue weighted by molar-refractivity contribution is -0.112. The number of hydrogen-bond acceptors (Lipinski definition) is 4. The van der Waals surface area contributed by atoms with Gasteiger partial charge < -0.3 is 15.2 Å². The van der Waals surface area contributed by atoms with Gasteiger partial charge in [0.25, 0.3) is 5.91 Å². The van der Waals surface area contributed by atoms with Gasteiger partial charge in [-0.05, 0) is 55.8 Å². The first kappa shape index (κ1) is 18.7. The highest BCUT2D eigenvalue weighted by atomic mass is 16.5. The number of carboxylic acid groups (broad SMARTS) is 1. The molecule has 0 bridgehead atoms. The molecule has 0 fully saturated rings. The van der Waals surface area contributed by atoms with E-state index in [1.165, 1.54) is 24.3 Å². The van der Waals surface area contributed by atoms with E-state index in [-0.39, 0.29) is 17.2 Å². The lowest BCUT2D eigenvalue weighted by Crippen LogP contribution is -2.13. The molecule has 132 valence electrons. The number of anilines is 1. The highest BCUT2D eigenvalue weighted by Crippen LogP contribution is 2.17. The zero-order valence-electron chi connectivity index (χ0n) is 14.4. The van der Waals surface area contributed by atoms with Gasteiger partial charge in [0, 0.05) is 5.69 Å². The van der Waals surface area contributed by atoms with Gasteiger partial charge in [-0.2, -0.15) is 5.26 Å². The van der Waals surface area contributed by atoms with Crippen molar-refractivity contribution in [1.29, 1.82) is 5.26 Å². The van der Waals surface area contributed by atoms with Gasteiger partial charge in [-0.3, -0.25) is 4.79 Å². The Hall–Kier alpha value is -3.59. The van der Waals surface area contributed by atoms with Gasteiger partial charge in [-0.15, -0.1) is 0 Å². The van der Waals surface area contributed by atoms with E-state index in [4.69, 9.17) is 9.84 Å². The van der Waals surface area contributed by atoms with E-state index < -0.39 is 11.9 Å². The average molecular weight is 350 g/mol. The van der Waals surface area contributed by atoms with E-state index in [9.17, 15) is 14.9 Å². The summed E-state index contributed by atoms with van der Waals surface area (Å²) in [4.78, 5) is 23.2. The van der Waals surface area contributed by atoms with Gasteiger partial charge in [0.15, 0.2) is 0 Å². The Morgan fingerprint density at radius 1 is 1.19 bits per heavy atom.